The standard InChI is InChI=1S/C13H16BrN5O/c14-11-3-1-10(2-4-11)9-19-12(15)16-13(17-19)18-5-7-20-8-6-18/h1-4H,5-9H2,(H2,15,16,17). The van der Waals surface area contributed by atoms with Crippen molar-refractivity contribution in [3.05, 3.63) is 34.3 Å². The molecule has 3 rings (SSSR count). The second-order valence-electron chi connectivity index (χ2n) is 4.65. The second-order valence-corrected chi connectivity index (χ2v) is 5.57. The first-order valence-corrected chi connectivity index (χ1v) is 7.29. The minimum atomic E-state index is 0.439. The van der Waals surface area contributed by atoms with Crippen LogP contribution in [0.25, 0.3) is 0 Å². The van der Waals surface area contributed by atoms with Crippen LogP contribution in [-0.4, -0.2) is 41.1 Å². The first-order chi connectivity index (χ1) is 9.72. The fourth-order valence-corrected chi connectivity index (χ4v) is 2.38. The molecule has 1 fully saturated rings. The maximum Gasteiger partial charge on any atom is 0.246 e. The van der Waals surface area contributed by atoms with Gasteiger partial charge in [0.15, 0.2) is 0 Å². The predicted octanol–water partition coefficient (Wildman–Crippen LogP) is 1.51. The lowest BCUT2D eigenvalue weighted by Gasteiger charge is -2.25. The first-order valence-electron chi connectivity index (χ1n) is 6.50. The van der Waals surface area contributed by atoms with Crippen molar-refractivity contribution >= 4 is 27.8 Å². The Hall–Kier alpha value is -1.60. The number of nitrogen functional groups attached to an aromatic ring is 1. The molecule has 2 heterocycles. The summed E-state index contributed by atoms with van der Waals surface area (Å²) in [6.07, 6.45) is 0. The van der Waals surface area contributed by atoms with Crippen molar-refractivity contribution in [1.29, 1.82) is 0 Å². The number of morpholine rings is 1. The van der Waals surface area contributed by atoms with Gasteiger partial charge in [-0.25, -0.2) is 4.68 Å². The van der Waals surface area contributed by atoms with Crippen LogP contribution < -0.4 is 10.6 Å². The summed E-state index contributed by atoms with van der Waals surface area (Å²) in [5.41, 5.74) is 7.09. The van der Waals surface area contributed by atoms with Crippen molar-refractivity contribution in [2.45, 2.75) is 6.54 Å². The fourth-order valence-electron chi connectivity index (χ4n) is 2.12. The zero-order chi connectivity index (χ0) is 13.9. The molecule has 0 saturated carbocycles. The van der Waals surface area contributed by atoms with Crippen molar-refractivity contribution in [1.82, 2.24) is 14.8 Å². The summed E-state index contributed by atoms with van der Waals surface area (Å²) >= 11 is 3.42. The number of hydrogen-bond acceptors (Lipinski definition) is 5. The van der Waals surface area contributed by atoms with Gasteiger partial charge in [0, 0.05) is 17.6 Å². The van der Waals surface area contributed by atoms with Crippen molar-refractivity contribution in [3.63, 3.8) is 0 Å². The van der Waals surface area contributed by atoms with Crippen molar-refractivity contribution in [2.75, 3.05) is 36.9 Å². The van der Waals surface area contributed by atoms with Crippen molar-refractivity contribution < 1.29 is 4.74 Å². The van der Waals surface area contributed by atoms with Gasteiger partial charge in [-0.05, 0) is 17.7 Å². The summed E-state index contributed by atoms with van der Waals surface area (Å²) in [4.78, 5) is 6.43. The molecule has 0 spiro atoms. The van der Waals surface area contributed by atoms with Gasteiger partial charge < -0.3 is 15.4 Å². The Morgan fingerprint density at radius 2 is 1.90 bits per heavy atom. The van der Waals surface area contributed by atoms with Gasteiger partial charge in [-0.3, -0.25) is 0 Å². The van der Waals surface area contributed by atoms with E-state index in [1.165, 1.54) is 0 Å². The number of benzene rings is 1. The van der Waals surface area contributed by atoms with Gasteiger partial charge in [-0.1, -0.05) is 28.1 Å². The van der Waals surface area contributed by atoms with E-state index in [0.29, 0.717) is 31.7 Å². The first kappa shape index (κ1) is 13.4. The van der Waals surface area contributed by atoms with Crippen LogP contribution in [0, 0.1) is 0 Å². The van der Waals surface area contributed by atoms with Crippen LogP contribution in [0.1, 0.15) is 5.56 Å². The molecule has 1 aromatic heterocycles. The molecule has 1 aliphatic rings. The molecule has 2 N–H and O–H groups in total. The molecule has 0 amide bonds. The number of nitrogens with two attached hydrogens (primary N) is 1. The van der Waals surface area contributed by atoms with Crippen LogP contribution in [0.3, 0.4) is 0 Å². The molecule has 106 valence electrons. The number of nitrogens with zero attached hydrogens (tertiary/aromatic N) is 4. The number of anilines is 2. The second kappa shape index (κ2) is 5.80. The maximum absolute atomic E-state index is 5.95. The Bertz CT molecular complexity index is 577. The van der Waals surface area contributed by atoms with Crippen molar-refractivity contribution in [3.8, 4) is 0 Å². The molecule has 1 aliphatic heterocycles. The molecule has 20 heavy (non-hydrogen) atoms. The van der Waals surface area contributed by atoms with Gasteiger partial charge in [-0.2, -0.15) is 4.98 Å². The molecule has 7 heteroatoms. The number of hydrogen-bond donors (Lipinski definition) is 1. The van der Waals surface area contributed by atoms with E-state index >= 15 is 0 Å². The lowest BCUT2D eigenvalue weighted by Crippen LogP contribution is -2.37. The third-order valence-corrected chi connectivity index (χ3v) is 3.76. The smallest absolute Gasteiger partial charge is 0.246 e. The van der Waals surface area contributed by atoms with E-state index in [-0.39, 0.29) is 0 Å². The predicted molar refractivity (Wildman–Crippen MR) is 80.7 cm³/mol. The highest BCUT2D eigenvalue weighted by Crippen LogP contribution is 2.16. The highest BCUT2D eigenvalue weighted by Gasteiger charge is 2.17. The molecule has 2 aromatic rings. The van der Waals surface area contributed by atoms with E-state index in [1.807, 2.05) is 24.3 Å². The summed E-state index contributed by atoms with van der Waals surface area (Å²) in [5, 5.41) is 4.49. The average Bonchev–Trinajstić information content (AvgIpc) is 2.84. The van der Waals surface area contributed by atoms with Crippen LogP contribution in [0.15, 0.2) is 28.7 Å². The normalized spacial score (nSPS) is 15.6. The van der Waals surface area contributed by atoms with Crippen LogP contribution in [0.2, 0.25) is 0 Å². The summed E-state index contributed by atoms with van der Waals surface area (Å²) in [7, 11) is 0. The number of ether oxygens (including phenoxy) is 1. The van der Waals surface area contributed by atoms with Gasteiger partial charge in [0.1, 0.15) is 0 Å². The lowest BCUT2D eigenvalue weighted by molar-refractivity contribution is 0.122. The zero-order valence-electron chi connectivity index (χ0n) is 11.0. The summed E-state index contributed by atoms with van der Waals surface area (Å²) in [6.45, 7) is 3.66. The Morgan fingerprint density at radius 3 is 2.60 bits per heavy atom. The van der Waals surface area contributed by atoms with Gasteiger partial charge in [0.05, 0.1) is 19.8 Å². The van der Waals surface area contributed by atoms with Gasteiger partial charge in [0.25, 0.3) is 0 Å². The Labute approximate surface area is 125 Å². The van der Waals surface area contributed by atoms with Crippen LogP contribution in [0.5, 0.6) is 0 Å². The summed E-state index contributed by atoms with van der Waals surface area (Å²) < 4.78 is 8.11. The molecule has 1 saturated heterocycles. The van der Waals surface area contributed by atoms with E-state index in [0.717, 1.165) is 23.1 Å². The highest BCUT2D eigenvalue weighted by atomic mass is 79.9. The van der Waals surface area contributed by atoms with E-state index in [1.54, 1.807) is 4.68 Å². The monoisotopic (exact) mass is 337 g/mol. The third-order valence-electron chi connectivity index (χ3n) is 3.23. The van der Waals surface area contributed by atoms with Crippen molar-refractivity contribution in [2.24, 2.45) is 0 Å². The Balaban J connectivity index is 1.76. The van der Waals surface area contributed by atoms with E-state index < -0.39 is 0 Å². The Morgan fingerprint density at radius 1 is 1.20 bits per heavy atom. The summed E-state index contributed by atoms with van der Waals surface area (Å²) in [6, 6.07) is 8.09. The largest absolute Gasteiger partial charge is 0.378 e. The van der Waals surface area contributed by atoms with Gasteiger partial charge in [-0.15, -0.1) is 5.10 Å². The average molecular weight is 338 g/mol. The van der Waals surface area contributed by atoms with Crippen LogP contribution in [0.4, 0.5) is 11.9 Å². The van der Waals surface area contributed by atoms with Gasteiger partial charge in [0.2, 0.25) is 11.9 Å². The molecule has 0 atom stereocenters. The molecular formula is C13H16BrN5O. The van der Waals surface area contributed by atoms with E-state index in [9.17, 15) is 0 Å². The lowest BCUT2D eigenvalue weighted by atomic mass is 10.2. The maximum atomic E-state index is 5.95. The molecular weight excluding hydrogens is 322 g/mol. The van der Waals surface area contributed by atoms with E-state index in [2.05, 4.69) is 30.9 Å². The van der Waals surface area contributed by atoms with Crippen LogP contribution in [-0.2, 0) is 11.3 Å². The molecule has 0 aliphatic carbocycles. The topological polar surface area (TPSA) is 69.2 Å². The molecule has 0 radical (unpaired) electrons. The Kier molecular flexibility index (Phi) is 3.88. The highest BCUT2D eigenvalue weighted by molar-refractivity contribution is 9.10. The SMILES string of the molecule is Nc1nc(N2CCOCC2)nn1Cc1ccc(Br)cc1. The minimum Gasteiger partial charge on any atom is -0.378 e. The molecule has 1 aromatic carbocycles. The number of aromatic nitrogens is 3. The van der Waals surface area contributed by atoms with E-state index in [4.69, 9.17) is 10.5 Å². The molecule has 0 bridgehead atoms. The zero-order valence-corrected chi connectivity index (χ0v) is 12.6. The number of halogens is 1. The third kappa shape index (κ3) is 2.94. The summed E-state index contributed by atoms with van der Waals surface area (Å²) in [5.74, 6) is 1.12. The molecule has 0 unspecified atom stereocenters. The van der Waals surface area contributed by atoms with Crippen LogP contribution >= 0.6 is 15.9 Å². The fraction of sp³-hybridized carbons (Fsp3) is 0.385. The molecule has 6 nitrogen and oxygen atoms in total. The number of rotatable bonds is 3. The quantitative estimate of drug-likeness (QED) is 0.919. The minimum absolute atomic E-state index is 0.439. The van der Waals surface area contributed by atoms with Gasteiger partial charge >= 0.3 is 0 Å².